The summed E-state index contributed by atoms with van der Waals surface area (Å²) >= 11 is 5.60. The van der Waals surface area contributed by atoms with Gasteiger partial charge >= 0.3 is 0 Å². The Morgan fingerprint density at radius 1 is 1.14 bits per heavy atom. The lowest BCUT2D eigenvalue weighted by Gasteiger charge is -2.12. The summed E-state index contributed by atoms with van der Waals surface area (Å²) in [6.45, 7) is 4.48. The zero-order valence-electron chi connectivity index (χ0n) is 12.7. The first kappa shape index (κ1) is 18.1. The number of para-hydroxylation sites is 2. The van der Waals surface area contributed by atoms with Crippen LogP contribution in [0.1, 0.15) is 13.8 Å². The smallest absolute Gasteiger partial charge is 0.258 e. The van der Waals surface area contributed by atoms with Crippen LogP contribution in [0.2, 0.25) is 0 Å². The fraction of sp³-hybridized carbons (Fsp3) is 0.467. The van der Waals surface area contributed by atoms with E-state index in [-0.39, 0.29) is 18.4 Å². The molecular formula is C15H21ClN2O4. The molecule has 0 aliphatic carbocycles. The summed E-state index contributed by atoms with van der Waals surface area (Å²) in [5.74, 6) is 0.571. The topological polar surface area (TPSA) is 76.7 Å². The monoisotopic (exact) mass is 328 g/mol. The number of alkyl halides is 1. The fourth-order valence-electron chi connectivity index (χ4n) is 1.57. The molecule has 2 N–H and O–H groups in total. The number of nitrogens with one attached hydrogen (secondary N) is 2. The fourth-order valence-corrected chi connectivity index (χ4v) is 1.64. The Balaban J connectivity index is 2.27. The van der Waals surface area contributed by atoms with Crippen LogP contribution in [-0.4, -0.2) is 43.5 Å². The van der Waals surface area contributed by atoms with Crippen molar-refractivity contribution in [2.24, 2.45) is 0 Å². The van der Waals surface area contributed by atoms with Gasteiger partial charge in [-0.2, -0.15) is 0 Å². The Morgan fingerprint density at radius 2 is 1.73 bits per heavy atom. The average molecular weight is 329 g/mol. The van der Waals surface area contributed by atoms with Gasteiger partial charge in [0.05, 0.1) is 6.61 Å². The first-order valence-corrected chi connectivity index (χ1v) is 7.51. The molecule has 0 fully saturated rings. The van der Waals surface area contributed by atoms with Crippen LogP contribution in [0.5, 0.6) is 11.5 Å². The van der Waals surface area contributed by atoms with Gasteiger partial charge in [0, 0.05) is 13.1 Å². The van der Waals surface area contributed by atoms with Crippen LogP contribution >= 0.6 is 11.6 Å². The summed E-state index contributed by atoms with van der Waals surface area (Å²) in [6, 6.07) is 7.15. The summed E-state index contributed by atoms with van der Waals surface area (Å²) in [5, 5.41) is 4.64. The first-order valence-electron chi connectivity index (χ1n) is 7.07. The van der Waals surface area contributed by atoms with Crippen molar-refractivity contribution in [2.75, 3.05) is 26.3 Å². The van der Waals surface area contributed by atoms with Crippen LogP contribution in [0.4, 0.5) is 0 Å². The molecule has 0 heterocycles. The molecule has 7 heteroatoms. The number of ether oxygens (including phenoxy) is 2. The van der Waals surface area contributed by atoms with Gasteiger partial charge in [-0.1, -0.05) is 12.1 Å². The van der Waals surface area contributed by atoms with E-state index in [9.17, 15) is 9.59 Å². The highest BCUT2D eigenvalue weighted by molar-refractivity contribution is 6.30. The van der Waals surface area contributed by atoms with Crippen LogP contribution in [0.25, 0.3) is 0 Å². The van der Waals surface area contributed by atoms with Crippen molar-refractivity contribution >= 4 is 23.4 Å². The number of halogens is 1. The lowest BCUT2D eigenvalue weighted by Crippen LogP contribution is -2.38. The number of amides is 2. The molecule has 1 rings (SSSR count). The molecule has 22 heavy (non-hydrogen) atoms. The second kappa shape index (κ2) is 9.89. The molecule has 6 nitrogen and oxygen atoms in total. The second-order valence-corrected chi connectivity index (χ2v) is 5.08. The lowest BCUT2D eigenvalue weighted by atomic mass is 10.3. The van der Waals surface area contributed by atoms with E-state index in [1.165, 1.54) is 0 Å². The van der Waals surface area contributed by atoms with Gasteiger partial charge in [0.25, 0.3) is 5.91 Å². The van der Waals surface area contributed by atoms with E-state index in [0.717, 1.165) is 0 Å². The summed E-state index contributed by atoms with van der Waals surface area (Å²) in [6.07, 6.45) is 0. The van der Waals surface area contributed by atoms with E-state index >= 15 is 0 Å². The SMILES string of the molecule is CCOc1ccccc1OCC(=O)NCCNC(=O)C(C)Cl. The average Bonchev–Trinajstić information content (AvgIpc) is 2.50. The second-order valence-electron chi connectivity index (χ2n) is 4.43. The van der Waals surface area contributed by atoms with Crippen LogP contribution in [-0.2, 0) is 9.59 Å². The molecule has 0 aromatic heterocycles. The van der Waals surface area contributed by atoms with Gasteiger partial charge in [-0.05, 0) is 26.0 Å². The van der Waals surface area contributed by atoms with Crippen LogP contribution < -0.4 is 20.1 Å². The number of rotatable bonds is 9. The Kier molecular flexibility index (Phi) is 8.14. The summed E-state index contributed by atoms with van der Waals surface area (Å²) in [7, 11) is 0. The van der Waals surface area contributed by atoms with Crippen molar-refractivity contribution in [3.8, 4) is 11.5 Å². The normalized spacial score (nSPS) is 11.4. The third-order valence-corrected chi connectivity index (χ3v) is 2.81. The molecule has 0 spiro atoms. The molecule has 1 aromatic rings. The summed E-state index contributed by atoms with van der Waals surface area (Å²) < 4.78 is 10.8. The van der Waals surface area contributed by atoms with E-state index < -0.39 is 5.38 Å². The minimum Gasteiger partial charge on any atom is -0.490 e. The number of benzene rings is 1. The van der Waals surface area contributed by atoms with Gasteiger partial charge < -0.3 is 20.1 Å². The zero-order chi connectivity index (χ0) is 16.4. The third-order valence-electron chi connectivity index (χ3n) is 2.62. The van der Waals surface area contributed by atoms with Crippen molar-refractivity contribution < 1.29 is 19.1 Å². The highest BCUT2D eigenvalue weighted by Gasteiger charge is 2.09. The maximum atomic E-state index is 11.6. The van der Waals surface area contributed by atoms with Crippen molar-refractivity contribution in [1.82, 2.24) is 10.6 Å². The minimum atomic E-state index is -0.589. The maximum Gasteiger partial charge on any atom is 0.258 e. The molecule has 0 radical (unpaired) electrons. The first-order chi connectivity index (χ1) is 10.5. The summed E-state index contributed by atoms with van der Waals surface area (Å²) in [5.41, 5.74) is 0. The summed E-state index contributed by atoms with van der Waals surface area (Å²) in [4.78, 5) is 22.9. The van der Waals surface area contributed by atoms with E-state index in [1.807, 2.05) is 13.0 Å². The highest BCUT2D eigenvalue weighted by Crippen LogP contribution is 2.26. The number of hydrogen-bond donors (Lipinski definition) is 2. The maximum absolute atomic E-state index is 11.6. The highest BCUT2D eigenvalue weighted by atomic mass is 35.5. The molecule has 0 aliphatic heterocycles. The molecule has 2 amide bonds. The van der Waals surface area contributed by atoms with E-state index in [0.29, 0.717) is 31.2 Å². The van der Waals surface area contributed by atoms with Crippen molar-refractivity contribution in [3.63, 3.8) is 0 Å². The van der Waals surface area contributed by atoms with Gasteiger partial charge in [-0.3, -0.25) is 9.59 Å². The van der Waals surface area contributed by atoms with Gasteiger partial charge in [0.2, 0.25) is 5.91 Å². The molecule has 1 atom stereocenters. The number of hydrogen-bond acceptors (Lipinski definition) is 4. The van der Waals surface area contributed by atoms with Crippen molar-refractivity contribution in [1.29, 1.82) is 0 Å². The molecular weight excluding hydrogens is 308 g/mol. The van der Waals surface area contributed by atoms with Crippen molar-refractivity contribution in [2.45, 2.75) is 19.2 Å². The van der Waals surface area contributed by atoms with Gasteiger partial charge in [0.15, 0.2) is 18.1 Å². The van der Waals surface area contributed by atoms with Gasteiger partial charge in [-0.25, -0.2) is 0 Å². The third kappa shape index (κ3) is 6.67. The predicted octanol–water partition coefficient (Wildman–Crippen LogP) is 1.32. The Hall–Kier alpha value is -1.95. The molecule has 1 aromatic carbocycles. The molecule has 1 unspecified atom stereocenters. The zero-order valence-corrected chi connectivity index (χ0v) is 13.5. The molecule has 0 bridgehead atoms. The van der Waals surface area contributed by atoms with Crippen LogP contribution in [0.15, 0.2) is 24.3 Å². The van der Waals surface area contributed by atoms with Crippen LogP contribution in [0, 0.1) is 0 Å². The Morgan fingerprint density at radius 3 is 2.32 bits per heavy atom. The van der Waals surface area contributed by atoms with Gasteiger partial charge in [-0.15, -0.1) is 11.6 Å². The Bertz CT molecular complexity index is 494. The molecule has 0 saturated carbocycles. The lowest BCUT2D eigenvalue weighted by molar-refractivity contribution is -0.124. The van der Waals surface area contributed by atoms with E-state index in [4.69, 9.17) is 21.1 Å². The number of carbonyl (C=O) groups excluding carboxylic acids is 2. The minimum absolute atomic E-state index is 0.121. The van der Waals surface area contributed by atoms with Crippen molar-refractivity contribution in [3.05, 3.63) is 24.3 Å². The van der Waals surface area contributed by atoms with E-state index in [2.05, 4.69) is 10.6 Å². The predicted molar refractivity (Wildman–Crippen MR) is 84.4 cm³/mol. The quantitative estimate of drug-likeness (QED) is 0.529. The van der Waals surface area contributed by atoms with Crippen LogP contribution in [0.3, 0.4) is 0 Å². The van der Waals surface area contributed by atoms with Gasteiger partial charge in [0.1, 0.15) is 5.38 Å². The molecule has 0 saturated heterocycles. The molecule has 0 aliphatic rings. The Labute approximate surface area is 135 Å². The van der Waals surface area contributed by atoms with E-state index in [1.54, 1.807) is 25.1 Å². The largest absolute Gasteiger partial charge is 0.490 e. The number of carbonyl (C=O) groups is 2. The molecule has 122 valence electrons. The standard InChI is InChI=1S/C15H21ClN2O4/c1-3-21-12-6-4-5-7-13(12)22-10-14(19)17-8-9-18-15(20)11(2)16/h4-7,11H,3,8-10H2,1-2H3,(H,17,19)(H,18,20).